The molecule has 8 heteroatoms. The summed E-state index contributed by atoms with van der Waals surface area (Å²) >= 11 is 0. The van der Waals surface area contributed by atoms with Gasteiger partial charge < -0.3 is 5.11 Å². The van der Waals surface area contributed by atoms with Crippen LogP contribution in [0.1, 0.15) is 12.8 Å². The standard InChI is InChI=1S/C11H8F2O5S/c12-8-2-1-7(3-9(8)13)19(17,18)11(10(15)16)4-6(14)5-11/h1-3H,4-5H2,(H,15,16). The van der Waals surface area contributed by atoms with Crippen molar-refractivity contribution in [3.8, 4) is 0 Å². The zero-order valence-electron chi connectivity index (χ0n) is 9.39. The molecule has 0 aromatic heterocycles. The van der Waals surface area contributed by atoms with E-state index in [1.165, 1.54) is 0 Å². The van der Waals surface area contributed by atoms with Gasteiger partial charge >= 0.3 is 5.97 Å². The van der Waals surface area contributed by atoms with Crippen molar-refractivity contribution in [2.24, 2.45) is 0 Å². The van der Waals surface area contributed by atoms with Crippen molar-refractivity contribution in [2.45, 2.75) is 22.5 Å². The van der Waals surface area contributed by atoms with E-state index in [1.54, 1.807) is 0 Å². The Morgan fingerprint density at radius 2 is 1.79 bits per heavy atom. The number of carboxylic acids is 1. The van der Waals surface area contributed by atoms with Gasteiger partial charge in [-0.25, -0.2) is 17.2 Å². The van der Waals surface area contributed by atoms with Crippen LogP contribution in [0.15, 0.2) is 23.1 Å². The summed E-state index contributed by atoms with van der Waals surface area (Å²) in [5, 5.41) is 9.02. The summed E-state index contributed by atoms with van der Waals surface area (Å²) in [7, 11) is -4.46. The van der Waals surface area contributed by atoms with Crippen LogP contribution in [-0.2, 0) is 19.4 Å². The van der Waals surface area contributed by atoms with E-state index in [0.717, 1.165) is 6.07 Å². The van der Waals surface area contributed by atoms with Crippen molar-refractivity contribution in [3.05, 3.63) is 29.8 Å². The molecule has 1 aliphatic rings. The Balaban J connectivity index is 2.56. The topological polar surface area (TPSA) is 88.5 Å². The predicted molar refractivity (Wildman–Crippen MR) is 58.2 cm³/mol. The minimum atomic E-state index is -4.46. The van der Waals surface area contributed by atoms with Crippen molar-refractivity contribution >= 4 is 21.6 Å². The number of aliphatic carboxylic acids is 1. The molecule has 0 heterocycles. The molecule has 19 heavy (non-hydrogen) atoms. The van der Waals surface area contributed by atoms with Crippen LogP contribution in [0.2, 0.25) is 0 Å². The van der Waals surface area contributed by atoms with Gasteiger partial charge in [0.2, 0.25) is 0 Å². The van der Waals surface area contributed by atoms with Crippen molar-refractivity contribution in [1.82, 2.24) is 0 Å². The number of Topliss-reactive ketones (excluding diaryl/α,β-unsaturated/α-hetero) is 1. The van der Waals surface area contributed by atoms with Crippen molar-refractivity contribution in [2.75, 3.05) is 0 Å². The summed E-state index contributed by atoms with van der Waals surface area (Å²) in [5.74, 6) is -4.81. The molecule has 1 aliphatic carbocycles. The molecule has 0 saturated heterocycles. The van der Waals surface area contributed by atoms with Gasteiger partial charge in [-0.3, -0.25) is 9.59 Å². The Morgan fingerprint density at radius 1 is 1.21 bits per heavy atom. The summed E-state index contributed by atoms with van der Waals surface area (Å²) < 4.78 is 47.9. The molecule has 1 N–H and O–H groups in total. The van der Waals surface area contributed by atoms with Crippen molar-refractivity contribution < 1.29 is 31.9 Å². The largest absolute Gasteiger partial charge is 0.480 e. The van der Waals surface area contributed by atoms with Crippen LogP contribution in [0, 0.1) is 11.6 Å². The first kappa shape index (κ1) is 13.6. The van der Waals surface area contributed by atoms with E-state index in [0.29, 0.717) is 12.1 Å². The number of carbonyl (C=O) groups is 2. The van der Waals surface area contributed by atoms with E-state index in [-0.39, 0.29) is 0 Å². The molecule has 2 rings (SSSR count). The molecule has 0 spiro atoms. The van der Waals surface area contributed by atoms with Gasteiger partial charge in [0, 0.05) is 12.8 Å². The van der Waals surface area contributed by atoms with Crippen LogP contribution in [0.5, 0.6) is 0 Å². The van der Waals surface area contributed by atoms with Gasteiger partial charge in [-0.05, 0) is 18.2 Å². The lowest BCUT2D eigenvalue weighted by Gasteiger charge is -2.35. The SMILES string of the molecule is O=C1CC(C(=O)O)(S(=O)(=O)c2ccc(F)c(F)c2)C1. The number of carbonyl (C=O) groups excluding carboxylic acids is 1. The lowest BCUT2D eigenvalue weighted by molar-refractivity contribution is -0.147. The van der Waals surface area contributed by atoms with E-state index in [1.807, 2.05) is 0 Å². The lowest BCUT2D eigenvalue weighted by Crippen LogP contribution is -2.56. The highest BCUT2D eigenvalue weighted by molar-refractivity contribution is 7.93. The number of hydrogen-bond acceptors (Lipinski definition) is 4. The Morgan fingerprint density at radius 3 is 2.21 bits per heavy atom. The van der Waals surface area contributed by atoms with E-state index < -0.39 is 55.7 Å². The number of halogens is 2. The molecule has 1 fully saturated rings. The van der Waals surface area contributed by atoms with Gasteiger partial charge in [0.25, 0.3) is 0 Å². The normalized spacial score (nSPS) is 17.9. The van der Waals surface area contributed by atoms with Gasteiger partial charge in [-0.15, -0.1) is 0 Å². The van der Waals surface area contributed by atoms with Crippen molar-refractivity contribution in [1.29, 1.82) is 0 Å². The minimum Gasteiger partial charge on any atom is -0.480 e. The van der Waals surface area contributed by atoms with Crippen molar-refractivity contribution in [3.63, 3.8) is 0 Å². The van der Waals surface area contributed by atoms with Crippen LogP contribution in [0.3, 0.4) is 0 Å². The highest BCUT2D eigenvalue weighted by atomic mass is 32.2. The highest BCUT2D eigenvalue weighted by Gasteiger charge is 2.60. The third kappa shape index (κ3) is 1.83. The van der Waals surface area contributed by atoms with Gasteiger partial charge in [-0.1, -0.05) is 0 Å². The third-order valence-corrected chi connectivity index (χ3v) is 5.44. The van der Waals surface area contributed by atoms with Crippen LogP contribution < -0.4 is 0 Å². The average Bonchev–Trinajstić information content (AvgIpc) is 2.27. The summed E-state index contributed by atoms with van der Waals surface area (Å²) in [4.78, 5) is 21.4. The summed E-state index contributed by atoms with van der Waals surface area (Å²) in [6.07, 6.45) is -1.33. The minimum absolute atomic E-state index is 0.415. The monoisotopic (exact) mass is 290 g/mol. The molecule has 1 aromatic carbocycles. The molecular formula is C11H8F2O5S. The fourth-order valence-corrected chi connectivity index (χ4v) is 3.80. The molecule has 0 radical (unpaired) electrons. The van der Waals surface area contributed by atoms with Gasteiger partial charge in [-0.2, -0.15) is 0 Å². The van der Waals surface area contributed by atoms with Crippen LogP contribution in [0.25, 0.3) is 0 Å². The maximum Gasteiger partial charge on any atom is 0.326 e. The number of hydrogen-bond donors (Lipinski definition) is 1. The summed E-state index contributed by atoms with van der Waals surface area (Å²) in [6.45, 7) is 0. The maximum atomic E-state index is 13.0. The number of carboxylic acid groups (broad SMARTS) is 1. The zero-order valence-corrected chi connectivity index (χ0v) is 10.2. The Hall–Kier alpha value is -1.83. The zero-order chi connectivity index (χ0) is 14.4. The fraction of sp³-hybridized carbons (Fsp3) is 0.273. The predicted octanol–water partition coefficient (Wildman–Crippen LogP) is 0.925. The van der Waals surface area contributed by atoms with Crippen LogP contribution >= 0.6 is 0 Å². The average molecular weight is 290 g/mol. The second kappa shape index (κ2) is 4.09. The fourth-order valence-electron chi connectivity index (χ4n) is 1.91. The van der Waals surface area contributed by atoms with Gasteiger partial charge in [0.1, 0.15) is 5.78 Å². The molecule has 5 nitrogen and oxygen atoms in total. The molecule has 1 saturated carbocycles. The summed E-state index contributed by atoms with van der Waals surface area (Å²) in [6, 6.07) is 1.79. The van der Waals surface area contributed by atoms with Gasteiger partial charge in [0.15, 0.2) is 26.2 Å². The van der Waals surface area contributed by atoms with Crippen LogP contribution in [-0.4, -0.2) is 30.0 Å². The van der Waals surface area contributed by atoms with E-state index in [4.69, 9.17) is 5.11 Å². The molecule has 1 aromatic rings. The first-order chi connectivity index (χ1) is 8.70. The summed E-state index contributed by atoms with van der Waals surface area (Å²) in [5.41, 5.74) is 0. The number of sulfone groups is 1. The second-order valence-electron chi connectivity index (χ2n) is 4.27. The molecule has 0 atom stereocenters. The molecule has 102 valence electrons. The quantitative estimate of drug-likeness (QED) is 0.836. The third-order valence-electron chi connectivity index (χ3n) is 3.07. The Kier molecular flexibility index (Phi) is 2.93. The maximum absolute atomic E-state index is 13.0. The molecular weight excluding hydrogens is 282 g/mol. The number of rotatable bonds is 3. The van der Waals surface area contributed by atoms with E-state index in [9.17, 15) is 26.8 Å². The van der Waals surface area contributed by atoms with E-state index >= 15 is 0 Å². The van der Waals surface area contributed by atoms with Gasteiger partial charge in [0.05, 0.1) is 4.90 Å². The smallest absolute Gasteiger partial charge is 0.326 e. The molecule has 0 unspecified atom stereocenters. The second-order valence-corrected chi connectivity index (χ2v) is 6.53. The Bertz CT molecular complexity index is 672. The highest BCUT2D eigenvalue weighted by Crippen LogP contribution is 2.41. The molecule has 0 bridgehead atoms. The number of ketones is 1. The molecule has 0 amide bonds. The van der Waals surface area contributed by atoms with E-state index in [2.05, 4.69) is 0 Å². The Labute approximate surface area is 106 Å². The number of benzene rings is 1. The first-order valence-electron chi connectivity index (χ1n) is 5.15. The first-order valence-corrected chi connectivity index (χ1v) is 6.64. The lowest BCUT2D eigenvalue weighted by atomic mass is 9.83. The molecule has 0 aliphatic heterocycles. The van der Waals surface area contributed by atoms with Crippen LogP contribution in [0.4, 0.5) is 8.78 Å².